The number of nitrogens with zero attached hydrogens (tertiary/aromatic N) is 2. The second-order valence-corrected chi connectivity index (χ2v) is 21.7. The maximum Gasteiger partial charge on any atom is 0.137 e. The van der Waals surface area contributed by atoms with E-state index in [1.165, 1.54) is 44.5 Å². The predicted octanol–water partition coefficient (Wildman–Crippen LogP) is 19.8. The smallest absolute Gasteiger partial charge is 0.137 e. The zero-order valence-electron chi connectivity index (χ0n) is 42.2. The predicted molar refractivity (Wildman–Crippen MR) is 302 cm³/mol. The third-order valence-electron chi connectivity index (χ3n) is 16.6. The minimum absolute atomic E-state index is 0.210. The molecule has 362 valence electrons. The first-order chi connectivity index (χ1) is 36.3. The molecule has 13 aromatic rings. The van der Waals surface area contributed by atoms with E-state index in [0.717, 1.165) is 77.4 Å². The summed E-state index contributed by atoms with van der Waals surface area (Å²) in [4.78, 5) is 4.23. The molecular formula is C68H48F2N2O3. The van der Waals surface area contributed by atoms with Crippen molar-refractivity contribution in [1.29, 1.82) is 0 Å². The van der Waals surface area contributed by atoms with Gasteiger partial charge in [-0.15, -0.1) is 0 Å². The first-order valence-corrected chi connectivity index (χ1v) is 25.6. The summed E-state index contributed by atoms with van der Waals surface area (Å²) in [5.41, 5.74) is 20.1. The molecule has 7 heteroatoms. The van der Waals surface area contributed by atoms with E-state index < -0.39 is 0 Å². The lowest BCUT2D eigenvalue weighted by Gasteiger charge is -2.28. The van der Waals surface area contributed by atoms with Crippen molar-refractivity contribution < 1.29 is 22.0 Å². The highest BCUT2D eigenvalue weighted by Gasteiger charge is 2.37. The van der Waals surface area contributed by atoms with Crippen molar-refractivity contribution in [2.75, 3.05) is 9.80 Å². The van der Waals surface area contributed by atoms with Crippen LogP contribution in [0.4, 0.5) is 42.9 Å². The molecule has 15 rings (SSSR count). The van der Waals surface area contributed by atoms with E-state index in [9.17, 15) is 0 Å². The average Bonchev–Trinajstić information content (AvgIpc) is 4.18. The molecule has 75 heavy (non-hydrogen) atoms. The minimum Gasteiger partial charge on any atom is -0.456 e. The Bertz CT molecular complexity index is 4340. The fourth-order valence-electron chi connectivity index (χ4n) is 12.6. The van der Waals surface area contributed by atoms with Crippen molar-refractivity contribution in [1.82, 2.24) is 0 Å². The molecule has 10 aromatic carbocycles. The van der Waals surface area contributed by atoms with E-state index in [0.29, 0.717) is 33.7 Å². The fraction of sp³-hybridized carbons (Fsp3) is 0.118. The van der Waals surface area contributed by atoms with Crippen LogP contribution < -0.4 is 9.80 Å². The van der Waals surface area contributed by atoms with E-state index in [4.69, 9.17) is 13.3 Å². The van der Waals surface area contributed by atoms with Crippen molar-refractivity contribution in [2.45, 2.75) is 52.4 Å². The molecule has 3 heterocycles. The van der Waals surface area contributed by atoms with Crippen LogP contribution in [0.5, 0.6) is 0 Å². The van der Waals surface area contributed by atoms with Crippen molar-refractivity contribution in [3.05, 3.63) is 227 Å². The van der Waals surface area contributed by atoms with Gasteiger partial charge in [-0.1, -0.05) is 100 Å². The van der Waals surface area contributed by atoms with Crippen LogP contribution in [0.15, 0.2) is 195 Å². The van der Waals surface area contributed by atoms with Gasteiger partial charge in [0, 0.05) is 89.4 Å². The molecule has 0 fully saturated rings. The van der Waals surface area contributed by atoms with Crippen LogP contribution in [0.2, 0.25) is 0 Å². The molecule has 0 radical (unpaired) electrons. The number of hydrogen-bond acceptors (Lipinski definition) is 5. The number of rotatable bonds is 6. The molecule has 0 atom stereocenters. The molecule has 0 amide bonds. The highest BCUT2D eigenvalue weighted by molar-refractivity contribution is 6.19. The van der Waals surface area contributed by atoms with Crippen LogP contribution in [0.1, 0.15) is 61.1 Å². The molecule has 0 bridgehead atoms. The zero-order valence-corrected chi connectivity index (χ0v) is 42.2. The van der Waals surface area contributed by atoms with Crippen molar-refractivity contribution in [3.8, 4) is 22.3 Å². The Morgan fingerprint density at radius 3 is 1.01 bits per heavy atom. The van der Waals surface area contributed by atoms with Crippen LogP contribution in [0.3, 0.4) is 0 Å². The van der Waals surface area contributed by atoms with Gasteiger partial charge in [-0.05, 0) is 167 Å². The van der Waals surface area contributed by atoms with Gasteiger partial charge in [0.1, 0.15) is 45.1 Å². The van der Waals surface area contributed by atoms with E-state index in [-0.39, 0.29) is 22.5 Å². The van der Waals surface area contributed by atoms with Gasteiger partial charge in [-0.2, -0.15) is 0 Å². The summed E-state index contributed by atoms with van der Waals surface area (Å²) in [6.07, 6.45) is 0. The van der Waals surface area contributed by atoms with Gasteiger partial charge >= 0.3 is 0 Å². The molecule has 2 aliphatic carbocycles. The number of anilines is 6. The third-order valence-corrected chi connectivity index (χ3v) is 16.6. The summed E-state index contributed by atoms with van der Waals surface area (Å²) in [7, 11) is 0. The van der Waals surface area contributed by atoms with Crippen LogP contribution >= 0.6 is 0 Å². The molecule has 0 saturated carbocycles. The van der Waals surface area contributed by atoms with Gasteiger partial charge in [0.05, 0.1) is 0 Å². The zero-order chi connectivity index (χ0) is 50.8. The molecule has 3 aromatic heterocycles. The maximum absolute atomic E-state index is 15.4. The Labute approximate surface area is 431 Å². The lowest BCUT2D eigenvalue weighted by atomic mass is 9.82. The van der Waals surface area contributed by atoms with E-state index >= 15 is 8.78 Å². The van der Waals surface area contributed by atoms with Gasteiger partial charge in [0.25, 0.3) is 0 Å². The summed E-state index contributed by atoms with van der Waals surface area (Å²) in [6, 6.07) is 61.9. The maximum atomic E-state index is 15.4. The van der Waals surface area contributed by atoms with Gasteiger partial charge < -0.3 is 23.1 Å². The van der Waals surface area contributed by atoms with E-state index in [1.807, 2.05) is 36.4 Å². The first kappa shape index (κ1) is 43.6. The second-order valence-electron chi connectivity index (χ2n) is 21.7. The van der Waals surface area contributed by atoms with Gasteiger partial charge in [0.2, 0.25) is 0 Å². The average molecular weight is 979 g/mol. The van der Waals surface area contributed by atoms with Crippen LogP contribution in [-0.2, 0) is 10.8 Å². The largest absolute Gasteiger partial charge is 0.456 e. The Hall–Kier alpha value is -8.94. The first-order valence-electron chi connectivity index (χ1n) is 25.6. The molecule has 0 spiro atoms. The lowest BCUT2D eigenvalue weighted by Crippen LogP contribution is -2.16. The molecule has 0 aliphatic heterocycles. The molecular weight excluding hydrogens is 931 g/mol. The normalized spacial score (nSPS) is 14.1. The SMILES string of the molecule is Cc1ccc(N(c2ccc3c(c2)C(C)(C)c2ccccc2-3)c2ccc3c(c2)oc2cc4c(cc23)oc2cc3c(cc24)oc2cc(N(c4ccc(C)c(F)c4)c4ccc5c(c4)C(C)(C)c4ccccc4-5)ccc23)cc1F. The van der Waals surface area contributed by atoms with Gasteiger partial charge in [-0.25, -0.2) is 8.78 Å². The summed E-state index contributed by atoms with van der Waals surface area (Å²) in [5.74, 6) is -0.528. The highest BCUT2D eigenvalue weighted by Crippen LogP contribution is 2.53. The topological polar surface area (TPSA) is 45.9 Å². The Balaban J connectivity index is 0.821. The van der Waals surface area contributed by atoms with Crippen LogP contribution in [0, 0.1) is 25.5 Å². The number of benzene rings is 10. The lowest BCUT2D eigenvalue weighted by molar-refractivity contribution is 0.618. The Kier molecular flexibility index (Phi) is 8.90. The molecule has 2 aliphatic rings. The Morgan fingerprint density at radius 1 is 0.307 bits per heavy atom. The monoisotopic (exact) mass is 978 g/mol. The minimum atomic E-state index is -0.264. The number of fused-ring (bicyclic) bond motifs is 15. The number of hydrogen-bond donors (Lipinski definition) is 0. The van der Waals surface area contributed by atoms with Gasteiger partial charge in [-0.3, -0.25) is 0 Å². The summed E-state index contributed by atoms with van der Waals surface area (Å²) in [6.45, 7) is 12.7. The van der Waals surface area contributed by atoms with E-state index in [1.54, 1.807) is 26.0 Å². The third kappa shape index (κ3) is 6.27. The summed E-state index contributed by atoms with van der Waals surface area (Å²) < 4.78 is 51.1. The number of halogens is 2. The van der Waals surface area contributed by atoms with Crippen LogP contribution in [0.25, 0.3) is 88.1 Å². The molecule has 0 unspecified atom stereocenters. The van der Waals surface area contributed by atoms with E-state index in [2.05, 4.69) is 171 Å². The van der Waals surface area contributed by atoms with Crippen LogP contribution in [-0.4, -0.2) is 0 Å². The number of furan rings is 3. The Morgan fingerprint density at radius 2 is 0.613 bits per heavy atom. The highest BCUT2D eigenvalue weighted by atomic mass is 19.1. The summed E-state index contributed by atoms with van der Waals surface area (Å²) >= 11 is 0. The molecule has 5 nitrogen and oxygen atoms in total. The summed E-state index contributed by atoms with van der Waals surface area (Å²) in [5, 5.41) is 5.58. The standard InChI is InChI=1S/C68H48F2N2O3/c1-37-15-17-41(29-59(37)69)71(39-19-23-47-45-11-7-9-13-55(45)67(3,4)57(47)27-39)43-21-25-49-51-33-65-53(35-63(51)73-61(49)31-43)54-36-64-52(34-66(54)75-65)50-26-22-44(32-62(50)74-64)72(42-18-16-38(2)60(70)30-42)40-20-24-48-46-12-8-10-14-56(46)68(5,6)58(48)28-40/h7-36H,1-6H3. The fourth-order valence-corrected chi connectivity index (χ4v) is 12.6. The molecule has 0 N–H and O–H groups in total. The second kappa shape index (κ2) is 15.3. The number of aryl methyl sites for hydroxylation is 2. The van der Waals surface area contributed by atoms with Gasteiger partial charge in [0.15, 0.2) is 0 Å². The molecule has 0 saturated heterocycles. The van der Waals surface area contributed by atoms with Crippen molar-refractivity contribution in [3.63, 3.8) is 0 Å². The van der Waals surface area contributed by atoms with Crippen molar-refractivity contribution >= 4 is 99.9 Å². The van der Waals surface area contributed by atoms with Crippen molar-refractivity contribution in [2.24, 2.45) is 0 Å². The quantitative estimate of drug-likeness (QED) is 0.166.